The monoisotopic (exact) mass is 250 g/mol. The molecule has 1 unspecified atom stereocenters. The molecule has 2 rings (SSSR count). The van der Waals surface area contributed by atoms with Crippen LogP contribution in [0.15, 0.2) is 24.3 Å². The predicted octanol–water partition coefficient (Wildman–Crippen LogP) is 0.646. The topological polar surface area (TPSA) is 50.8 Å². The Morgan fingerprint density at radius 1 is 1.50 bits per heavy atom. The molecule has 5 heteroatoms. The van der Waals surface area contributed by atoms with Crippen molar-refractivity contribution in [2.24, 2.45) is 0 Å². The summed E-state index contributed by atoms with van der Waals surface area (Å²) in [6.07, 6.45) is 0. The lowest BCUT2D eigenvalue weighted by molar-refractivity contribution is -0.121. The zero-order valence-electron chi connectivity index (χ0n) is 10.7. The Bertz CT molecular complexity index is 422. The number of ether oxygens (including phenoxy) is 2. The summed E-state index contributed by atoms with van der Waals surface area (Å²) in [6.45, 7) is 1.23. The molecule has 1 aromatic carbocycles. The molecule has 0 saturated carbocycles. The van der Waals surface area contributed by atoms with Gasteiger partial charge in [0.05, 0.1) is 12.3 Å². The Morgan fingerprint density at radius 3 is 3.00 bits per heavy atom. The van der Waals surface area contributed by atoms with Gasteiger partial charge in [0.25, 0.3) is 5.91 Å². The molecule has 18 heavy (non-hydrogen) atoms. The molecule has 5 nitrogen and oxygen atoms in total. The number of nitrogens with zero attached hydrogens (tertiary/aromatic N) is 1. The van der Waals surface area contributed by atoms with Gasteiger partial charge in [0, 0.05) is 19.7 Å². The molecule has 1 heterocycles. The Hall–Kier alpha value is -1.59. The largest absolute Gasteiger partial charge is 0.482 e. The van der Waals surface area contributed by atoms with Crippen molar-refractivity contribution in [3.63, 3.8) is 0 Å². The number of amides is 1. The van der Waals surface area contributed by atoms with Crippen LogP contribution in [0.2, 0.25) is 0 Å². The molecule has 1 aliphatic rings. The van der Waals surface area contributed by atoms with Gasteiger partial charge in [0.15, 0.2) is 6.61 Å². The lowest BCUT2D eigenvalue weighted by Gasteiger charge is -2.32. The van der Waals surface area contributed by atoms with Crippen LogP contribution in [0.1, 0.15) is 0 Å². The molecular weight excluding hydrogens is 232 g/mol. The van der Waals surface area contributed by atoms with Crippen molar-refractivity contribution in [3.8, 4) is 5.75 Å². The van der Waals surface area contributed by atoms with Crippen LogP contribution in [0, 0.1) is 0 Å². The molecule has 1 amide bonds. The van der Waals surface area contributed by atoms with Crippen LogP contribution in [0.4, 0.5) is 5.69 Å². The molecule has 0 saturated heterocycles. The second kappa shape index (κ2) is 5.84. The highest BCUT2D eigenvalue weighted by Crippen LogP contribution is 2.31. The van der Waals surface area contributed by atoms with Crippen LogP contribution >= 0.6 is 0 Å². The molecule has 0 aromatic heterocycles. The Kier molecular flexibility index (Phi) is 4.17. The fourth-order valence-electron chi connectivity index (χ4n) is 2.00. The van der Waals surface area contributed by atoms with Crippen LogP contribution in [-0.4, -0.2) is 45.9 Å². The predicted molar refractivity (Wildman–Crippen MR) is 69.0 cm³/mol. The summed E-state index contributed by atoms with van der Waals surface area (Å²) >= 11 is 0. The number of likely N-dealkylation sites (N-methyl/N-ethyl adjacent to an activating group) is 1. The van der Waals surface area contributed by atoms with E-state index in [0.29, 0.717) is 13.2 Å². The number of fused-ring (bicyclic) bond motifs is 1. The van der Waals surface area contributed by atoms with Crippen LogP contribution < -0.4 is 15.0 Å². The van der Waals surface area contributed by atoms with Crippen LogP contribution in [0.3, 0.4) is 0 Å². The maximum absolute atomic E-state index is 11.9. The van der Waals surface area contributed by atoms with Gasteiger partial charge in [-0.1, -0.05) is 12.1 Å². The minimum atomic E-state index is -0.0231. The van der Waals surface area contributed by atoms with Crippen molar-refractivity contribution in [2.75, 3.05) is 38.8 Å². The lowest BCUT2D eigenvalue weighted by Crippen LogP contribution is -2.48. The van der Waals surface area contributed by atoms with E-state index in [1.54, 1.807) is 12.0 Å². The van der Waals surface area contributed by atoms with E-state index in [2.05, 4.69) is 5.32 Å². The molecule has 1 N–H and O–H groups in total. The van der Waals surface area contributed by atoms with Crippen molar-refractivity contribution in [2.45, 2.75) is 6.04 Å². The molecular formula is C13H18N2O3. The zero-order chi connectivity index (χ0) is 13.0. The fraction of sp³-hybridized carbons (Fsp3) is 0.462. The maximum atomic E-state index is 11.9. The zero-order valence-corrected chi connectivity index (χ0v) is 10.7. The molecule has 1 aromatic rings. The average Bonchev–Trinajstić information content (AvgIpc) is 2.41. The molecule has 98 valence electrons. The summed E-state index contributed by atoms with van der Waals surface area (Å²) in [6, 6.07) is 7.67. The summed E-state index contributed by atoms with van der Waals surface area (Å²) in [5.41, 5.74) is 0.824. The van der Waals surface area contributed by atoms with Gasteiger partial charge in [-0.25, -0.2) is 0 Å². The van der Waals surface area contributed by atoms with Crippen molar-refractivity contribution in [1.82, 2.24) is 5.32 Å². The van der Waals surface area contributed by atoms with E-state index in [1.807, 2.05) is 31.3 Å². The molecule has 1 aliphatic heterocycles. The third-order valence-electron chi connectivity index (χ3n) is 2.99. The number of carbonyl (C=O) groups is 1. The minimum Gasteiger partial charge on any atom is -0.482 e. The molecule has 0 spiro atoms. The van der Waals surface area contributed by atoms with E-state index in [0.717, 1.165) is 11.4 Å². The van der Waals surface area contributed by atoms with Crippen LogP contribution in [0.5, 0.6) is 5.75 Å². The van der Waals surface area contributed by atoms with E-state index >= 15 is 0 Å². The highest BCUT2D eigenvalue weighted by Gasteiger charge is 2.26. The Morgan fingerprint density at radius 2 is 2.28 bits per heavy atom. The van der Waals surface area contributed by atoms with Gasteiger partial charge in [-0.15, -0.1) is 0 Å². The maximum Gasteiger partial charge on any atom is 0.265 e. The smallest absolute Gasteiger partial charge is 0.265 e. The summed E-state index contributed by atoms with van der Waals surface area (Å²) in [5, 5.41) is 3.14. The van der Waals surface area contributed by atoms with Crippen molar-refractivity contribution in [1.29, 1.82) is 0 Å². The Labute approximate surface area is 107 Å². The van der Waals surface area contributed by atoms with Gasteiger partial charge >= 0.3 is 0 Å². The normalized spacial score (nSPS) is 16.1. The molecule has 0 fully saturated rings. The van der Waals surface area contributed by atoms with Gasteiger partial charge in [0.1, 0.15) is 5.75 Å². The SMILES string of the molecule is CNC(COC)CN1C(=O)COc2ccccc21. The van der Waals surface area contributed by atoms with Gasteiger partial charge in [-0.2, -0.15) is 0 Å². The second-order valence-electron chi connectivity index (χ2n) is 4.20. The van der Waals surface area contributed by atoms with E-state index in [1.165, 1.54) is 0 Å². The van der Waals surface area contributed by atoms with Crippen LogP contribution in [0.25, 0.3) is 0 Å². The van der Waals surface area contributed by atoms with Gasteiger partial charge < -0.3 is 19.7 Å². The van der Waals surface area contributed by atoms with Gasteiger partial charge in [0.2, 0.25) is 0 Å². The molecule has 0 radical (unpaired) electrons. The summed E-state index contributed by atoms with van der Waals surface area (Å²) in [5.74, 6) is 0.731. The highest BCUT2D eigenvalue weighted by molar-refractivity contribution is 5.97. The number of nitrogens with one attached hydrogen (secondary N) is 1. The summed E-state index contributed by atoms with van der Waals surface area (Å²) < 4.78 is 10.5. The standard InChI is InChI=1S/C13H18N2O3/c1-14-10(8-17-2)7-15-11-5-3-4-6-12(11)18-9-13(15)16/h3-6,10,14H,7-9H2,1-2H3. The molecule has 0 aliphatic carbocycles. The van der Waals surface area contributed by atoms with Crippen molar-refractivity contribution < 1.29 is 14.3 Å². The van der Waals surface area contributed by atoms with Gasteiger partial charge in [-0.05, 0) is 19.2 Å². The second-order valence-corrected chi connectivity index (χ2v) is 4.20. The number of hydrogen-bond acceptors (Lipinski definition) is 4. The van der Waals surface area contributed by atoms with E-state index < -0.39 is 0 Å². The number of hydrogen-bond donors (Lipinski definition) is 1. The first-order chi connectivity index (χ1) is 8.76. The first kappa shape index (κ1) is 12.9. The third-order valence-corrected chi connectivity index (χ3v) is 2.99. The lowest BCUT2D eigenvalue weighted by atomic mass is 10.2. The number of para-hydroxylation sites is 2. The number of rotatable bonds is 5. The average molecular weight is 250 g/mol. The minimum absolute atomic E-state index is 0.0231. The number of anilines is 1. The third kappa shape index (κ3) is 2.63. The highest BCUT2D eigenvalue weighted by atomic mass is 16.5. The number of methoxy groups -OCH3 is 1. The van der Waals surface area contributed by atoms with Gasteiger partial charge in [-0.3, -0.25) is 4.79 Å². The van der Waals surface area contributed by atoms with E-state index in [-0.39, 0.29) is 18.6 Å². The summed E-state index contributed by atoms with van der Waals surface area (Å²) in [4.78, 5) is 13.7. The van der Waals surface area contributed by atoms with Crippen molar-refractivity contribution in [3.05, 3.63) is 24.3 Å². The fourth-order valence-corrected chi connectivity index (χ4v) is 2.00. The van der Waals surface area contributed by atoms with Crippen molar-refractivity contribution >= 4 is 11.6 Å². The van der Waals surface area contributed by atoms with E-state index in [9.17, 15) is 4.79 Å². The molecule has 1 atom stereocenters. The molecule has 0 bridgehead atoms. The number of carbonyl (C=O) groups excluding carboxylic acids is 1. The summed E-state index contributed by atoms with van der Waals surface area (Å²) in [7, 11) is 3.51. The quantitative estimate of drug-likeness (QED) is 0.833. The number of benzene rings is 1. The van der Waals surface area contributed by atoms with E-state index in [4.69, 9.17) is 9.47 Å². The first-order valence-corrected chi connectivity index (χ1v) is 5.94. The first-order valence-electron chi connectivity index (χ1n) is 5.94. The Balaban J connectivity index is 2.18. The van der Waals surface area contributed by atoms with Crippen LogP contribution in [-0.2, 0) is 9.53 Å².